The smallest absolute Gasteiger partial charge is 0.229 e. The highest BCUT2D eigenvalue weighted by Crippen LogP contribution is 2.26. The predicted molar refractivity (Wildman–Crippen MR) is 89.8 cm³/mol. The molecule has 4 rings (SSSR count). The molecule has 1 amide bonds. The number of hydrogen-bond donors (Lipinski definition) is 0. The normalized spacial score (nSPS) is 19.4. The monoisotopic (exact) mass is 326 g/mol. The van der Waals surface area contributed by atoms with Crippen LogP contribution in [0.2, 0.25) is 0 Å². The first kappa shape index (κ1) is 15.1. The molecule has 0 spiro atoms. The van der Waals surface area contributed by atoms with Gasteiger partial charge < -0.3 is 9.80 Å². The van der Waals surface area contributed by atoms with Crippen molar-refractivity contribution in [2.75, 3.05) is 31.1 Å². The van der Waals surface area contributed by atoms with Crippen LogP contribution in [0.1, 0.15) is 19.8 Å². The molecule has 2 fully saturated rings. The Morgan fingerprint density at radius 3 is 2.62 bits per heavy atom. The molecule has 2 aromatic rings. The fourth-order valence-electron chi connectivity index (χ4n) is 3.35. The lowest BCUT2D eigenvalue weighted by Crippen LogP contribution is -2.56. The van der Waals surface area contributed by atoms with E-state index in [1.807, 2.05) is 23.2 Å². The number of likely N-dealkylation sites (tertiary alicyclic amines) is 1. The van der Waals surface area contributed by atoms with Crippen LogP contribution in [0.15, 0.2) is 30.9 Å². The average Bonchev–Trinajstić information content (AvgIpc) is 3.09. The van der Waals surface area contributed by atoms with Gasteiger partial charge in [-0.25, -0.2) is 14.6 Å². The molecule has 7 nitrogen and oxygen atoms in total. The minimum atomic E-state index is 0.0986. The lowest BCUT2D eigenvalue weighted by molar-refractivity contribution is -0.137. The second-order valence-corrected chi connectivity index (χ2v) is 6.79. The molecule has 2 aliphatic rings. The van der Waals surface area contributed by atoms with Gasteiger partial charge in [0.25, 0.3) is 0 Å². The topological polar surface area (TPSA) is 67.2 Å². The second kappa shape index (κ2) is 6.22. The largest absolute Gasteiger partial charge is 0.355 e. The highest BCUT2D eigenvalue weighted by molar-refractivity contribution is 5.82. The van der Waals surface area contributed by atoms with Gasteiger partial charge in [0.15, 0.2) is 5.82 Å². The van der Waals surface area contributed by atoms with Crippen LogP contribution in [0.5, 0.6) is 0 Å². The van der Waals surface area contributed by atoms with Crippen molar-refractivity contribution in [3.8, 4) is 5.82 Å². The molecule has 2 saturated heterocycles. The third-order valence-corrected chi connectivity index (χ3v) is 5.03. The van der Waals surface area contributed by atoms with Gasteiger partial charge >= 0.3 is 0 Å². The Morgan fingerprint density at radius 2 is 1.92 bits per heavy atom. The zero-order valence-corrected chi connectivity index (χ0v) is 13.9. The van der Waals surface area contributed by atoms with E-state index in [1.165, 1.54) is 0 Å². The van der Waals surface area contributed by atoms with E-state index >= 15 is 0 Å². The molecule has 2 aromatic heterocycles. The molecule has 126 valence electrons. The predicted octanol–water partition coefficient (Wildman–Crippen LogP) is 1.36. The number of carbonyl (C=O) groups excluding carboxylic acids is 1. The second-order valence-electron chi connectivity index (χ2n) is 6.79. The number of aromatic nitrogens is 4. The molecule has 0 aromatic carbocycles. The first-order valence-electron chi connectivity index (χ1n) is 8.56. The van der Waals surface area contributed by atoms with Crippen molar-refractivity contribution in [2.24, 2.45) is 11.8 Å². The van der Waals surface area contributed by atoms with Crippen LogP contribution in [-0.4, -0.2) is 56.7 Å². The van der Waals surface area contributed by atoms with Crippen LogP contribution in [0.3, 0.4) is 0 Å². The number of amides is 1. The molecule has 4 heterocycles. The highest BCUT2D eigenvalue weighted by Gasteiger charge is 2.36. The SMILES string of the molecule is CC1CCN(C(=O)C2CN(c3cc(-n4cccn4)ncn3)C2)CC1. The Kier molecular flexibility index (Phi) is 3.92. The molecule has 7 heteroatoms. The van der Waals surface area contributed by atoms with Crippen molar-refractivity contribution < 1.29 is 4.79 Å². The highest BCUT2D eigenvalue weighted by atomic mass is 16.2. The average molecular weight is 326 g/mol. The molecule has 0 N–H and O–H groups in total. The van der Waals surface area contributed by atoms with Gasteiger partial charge in [0.1, 0.15) is 12.1 Å². The summed E-state index contributed by atoms with van der Waals surface area (Å²) in [7, 11) is 0. The molecule has 0 aliphatic carbocycles. The van der Waals surface area contributed by atoms with Crippen LogP contribution in [-0.2, 0) is 4.79 Å². The minimum absolute atomic E-state index is 0.0986. The van der Waals surface area contributed by atoms with Crippen molar-refractivity contribution in [2.45, 2.75) is 19.8 Å². The standard InChI is InChI=1S/C17H22N6O/c1-13-3-7-21(8-4-13)17(24)14-10-22(11-14)15-9-16(19-12-18-15)23-6-2-5-20-23/h2,5-6,9,12-14H,3-4,7-8,10-11H2,1H3. The Labute approximate surface area is 141 Å². The van der Waals surface area contributed by atoms with Crippen molar-refractivity contribution in [3.63, 3.8) is 0 Å². The summed E-state index contributed by atoms with van der Waals surface area (Å²) in [5.74, 6) is 2.74. The quantitative estimate of drug-likeness (QED) is 0.852. The molecule has 0 atom stereocenters. The van der Waals surface area contributed by atoms with Crippen molar-refractivity contribution >= 4 is 11.7 Å². The number of hydrogen-bond acceptors (Lipinski definition) is 5. The molecule has 2 aliphatic heterocycles. The Morgan fingerprint density at radius 1 is 1.17 bits per heavy atom. The lowest BCUT2D eigenvalue weighted by atomic mass is 9.94. The van der Waals surface area contributed by atoms with Crippen LogP contribution < -0.4 is 4.90 Å². The van der Waals surface area contributed by atoms with E-state index in [0.29, 0.717) is 5.91 Å². The zero-order valence-electron chi connectivity index (χ0n) is 13.9. The van der Waals surface area contributed by atoms with Crippen LogP contribution in [0, 0.1) is 11.8 Å². The third kappa shape index (κ3) is 2.86. The summed E-state index contributed by atoms with van der Waals surface area (Å²) in [6, 6.07) is 3.77. The third-order valence-electron chi connectivity index (χ3n) is 5.03. The van der Waals surface area contributed by atoms with Gasteiger partial charge in [0.2, 0.25) is 5.91 Å². The van der Waals surface area contributed by atoms with Gasteiger partial charge in [-0.1, -0.05) is 6.92 Å². The summed E-state index contributed by atoms with van der Waals surface area (Å²) in [5, 5.41) is 4.19. The van der Waals surface area contributed by atoms with Gasteiger partial charge in [0.05, 0.1) is 5.92 Å². The van der Waals surface area contributed by atoms with E-state index in [2.05, 4.69) is 26.9 Å². The summed E-state index contributed by atoms with van der Waals surface area (Å²) >= 11 is 0. The van der Waals surface area contributed by atoms with Gasteiger partial charge in [-0.3, -0.25) is 4.79 Å². The number of rotatable bonds is 3. The Balaban J connectivity index is 1.37. The molecule has 0 bridgehead atoms. The van der Waals surface area contributed by atoms with Gasteiger partial charge in [-0.2, -0.15) is 5.10 Å². The maximum absolute atomic E-state index is 12.6. The fourth-order valence-corrected chi connectivity index (χ4v) is 3.35. The van der Waals surface area contributed by atoms with Crippen molar-refractivity contribution in [1.29, 1.82) is 0 Å². The van der Waals surface area contributed by atoms with E-state index in [-0.39, 0.29) is 5.92 Å². The number of piperidine rings is 1. The van der Waals surface area contributed by atoms with Gasteiger partial charge in [-0.15, -0.1) is 0 Å². The first-order valence-corrected chi connectivity index (χ1v) is 8.56. The van der Waals surface area contributed by atoms with Crippen LogP contribution >= 0.6 is 0 Å². The van der Waals surface area contributed by atoms with E-state index < -0.39 is 0 Å². The van der Waals surface area contributed by atoms with Gasteiger partial charge in [0, 0.05) is 44.6 Å². The summed E-state index contributed by atoms with van der Waals surface area (Å²) in [6.07, 6.45) is 7.38. The Hall–Kier alpha value is -2.44. The summed E-state index contributed by atoms with van der Waals surface area (Å²) < 4.78 is 1.71. The summed E-state index contributed by atoms with van der Waals surface area (Å²) in [6.45, 7) is 5.56. The zero-order chi connectivity index (χ0) is 16.5. The van der Waals surface area contributed by atoms with E-state index in [0.717, 1.165) is 56.6 Å². The minimum Gasteiger partial charge on any atom is -0.355 e. The summed E-state index contributed by atoms with van der Waals surface area (Å²) in [5.41, 5.74) is 0. The van der Waals surface area contributed by atoms with E-state index in [4.69, 9.17) is 0 Å². The number of carbonyl (C=O) groups is 1. The number of nitrogens with zero attached hydrogens (tertiary/aromatic N) is 6. The molecular formula is C17H22N6O. The van der Waals surface area contributed by atoms with Gasteiger partial charge in [-0.05, 0) is 24.8 Å². The first-order chi connectivity index (χ1) is 11.7. The Bertz CT molecular complexity index is 702. The van der Waals surface area contributed by atoms with Crippen molar-refractivity contribution in [1.82, 2.24) is 24.6 Å². The van der Waals surface area contributed by atoms with E-state index in [1.54, 1.807) is 17.2 Å². The van der Waals surface area contributed by atoms with Crippen LogP contribution in [0.25, 0.3) is 5.82 Å². The molecule has 0 saturated carbocycles. The maximum atomic E-state index is 12.6. The molecule has 24 heavy (non-hydrogen) atoms. The summed E-state index contributed by atoms with van der Waals surface area (Å²) in [4.78, 5) is 25.3. The number of anilines is 1. The molecule has 0 unspecified atom stereocenters. The lowest BCUT2D eigenvalue weighted by Gasteiger charge is -2.42. The maximum Gasteiger partial charge on any atom is 0.229 e. The van der Waals surface area contributed by atoms with E-state index in [9.17, 15) is 4.79 Å². The van der Waals surface area contributed by atoms with Crippen LogP contribution in [0.4, 0.5) is 5.82 Å². The molecular weight excluding hydrogens is 304 g/mol. The molecule has 0 radical (unpaired) electrons. The fraction of sp³-hybridized carbons (Fsp3) is 0.529. The van der Waals surface area contributed by atoms with Crippen molar-refractivity contribution in [3.05, 3.63) is 30.9 Å².